The van der Waals surface area contributed by atoms with E-state index in [1.807, 2.05) is 0 Å². The first-order valence-electron chi connectivity index (χ1n) is 7.10. The normalized spacial score (nSPS) is 26.9. The summed E-state index contributed by atoms with van der Waals surface area (Å²) >= 11 is 6.21. The monoisotopic (exact) mass is 295 g/mol. The van der Waals surface area contributed by atoms with E-state index in [-0.39, 0.29) is 11.4 Å². The summed E-state index contributed by atoms with van der Waals surface area (Å²) in [5, 5.41) is 3.46. The Morgan fingerprint density at radius 3 is 3.15 bits per heavy atom. The van der Waals surface area contributed by atoms with Crippen molar-refractivity contribution in [2.45, 2.75) is 38.1 Å². The van der Waals surface area contributed by atoms with Crippen molar-refractivity contribution < 1.29 is 4.39 Å². The molecule has 0 bridgehead atoms. The number of hydrogen-bond acceptors (Lipinski definition) is 2. The summed E-state index contributed by atoms with van der Waals surface area (Å²) in [7, 11) is 0. The van der Waals surface area contributed by atoms with E-state index in [1.54, 1.807) is 6.07 Å². The van der Waals surface area contributed by atoms with Crippen LogP contribution < -0.4 is 5.32 Å². The van der Waals surface area contributed by atoms with Crippen molar-refractivity contribution in [1.82, 2.24) is 9.97 Å². The zero-order chi connectivity index (χ0) is 14.2. The van der Waals surface area contributed by atoms with E-state index >= 15 is 0 Å². The molecule has 3 nitrogen and oxygen atoms in total. The highest BCUT2D eigenvalue weighted by Gasteiger charge is 2.34. The fourth-order valence-electron chi connectivity index (χ4n) is 3.22. The molecule has 1 aromatic heterocycles. The Morgan fingerprint density at radius 1 is 1.55 bits per heavy atom. The molecule has 108 valence electrons. The van der Waals surface area contributed by atoms with Crippen molar-refractivity contribution in [3.8, 4) is 0 Å². The first kappa shape index (κ1) is 13.7. The van der Waals surface area contributed by atoms with Crippen LogP contribution in [0.2, 0.25) is 0 Å². The number of H-pyrrole nitrogens is 1. The lowest BCUT2D eigenvalue weighted by molar-refractivity contribution is 0.278. The van der Waals surface area contributed by atoms with Gasteiger partial charge in [0.15, 0.2) is 0 Å². The van der Waals surface area contributed by atoms with E-state index in [9.17, 15) is 4.39 Å². The van der Waals surface area contributed by atoms with Crippen LogP contribution in [0.15, 0.2) is 18.2 Å². The van der Waals surface area contributed by atoms with Gasteiger partial charge in [0, 0.05) is 5.88 Å². The standard InChI is InChI=1S/C15H19ClFN3/c1-10-3-2-6-15(8-10,9-16)20-14-18-12-5-4-11(17)7-13(12)19-14/h4-5,7,10H,2-3,6,8-9H2,1H3,(H2,18,19,20). The molecule has 2 atom stereocenters. The molecule has 0 spiro atoms. The van der Waals surface area contributed by atoms with E-state index in [0.29, 0.717) is 23.3 Å². The van der Waals surface area contributed by atoms with Gasteiger partial charge in [-0.3, -0.25) is 0 Å². The van der Waals surface area contributed by atoms with E-state index in [4.69, 9.17) is 11.6 Å². The first-order chi connectivity index (χ1) is 9.60. The molecule has 0 aliphatic heterocycles. The van der Waals surface area contributed by atoms with Gasteiger partial charge in [0.05, 0.1) is 16.6 Å². The molecule has 1 aliphatic rings. The van der Waals surface area contributed by atoms with Gasteiger partial charge in [0.25, 0.3) is 0 Å². The summed E-state index contributed by atoms with van der Waals surface area (Å²) in [6.45, 7) is 2.26. The lowest BCUT2D eigenvalue weighted by Gasteiger charge is -2.39. The average Bonchev–Trinajstić information content (AvgIpc) is 2.79. The molecule has 3 rings (SSSR count). The molecule has 5 heteroatoms. The second-order valence-corrected chi connectivity index (χ2v) is 6.25. The molecule has 2 N–H and O–H groups in total. The van der Waals surface area contributed by atoms with Crippen LogP contribution in [0, 0.1) is 11.7 Å². The maximum absolute atomic E-state index is 13.2. The van der Waals surface area contributed by atoms with Crippen LogP contribution in [0.3, 0.4) is 0 Å². The second kappa shape index (κ2) is 5.24. The summed E-state index contributed by atoms with van der Waals surface area (Å²) in [6, 6.07) is 4.57. The Balaban J connectivity index is 1.87. The van der Waals surface area contributed by atoms with Gasteiger partial charge in [0.1, 0.15) is 5.82 Å². The quantitative estimate of drug-likeness (QED) is 0.829. The smallest absolute Gasteiger partial charge is 0.201 e. The van der Waals surface area contributed by atoms with Crippen molar-refractivity contribution in [2.75, 3.05) is 11.2 Å². The van der Waals surface area contributed by atoms with Crippen molar-refractivity contribution in [1.29, 1.82) is 0 Å². The van der Waals surface area contributed by atoms with Gasteiger partial charge in [-0.05, 0) is 37.0 Å². The lowest BCUT2D eigenvalue weighted by Crippen LogP contribution is -2.44. The van der Waals surface area contributed by atoms with Gasteiger partial charge in [-0.15, -0.1) is 11.6 Å². The molecule has 0 radical (unpaired) electrons. The summed E-state index contributed by atoms with van der Waals surface area (Å²) in [5.74, 6) is 1.64. The number of anilines is 1. The van der Waals surface area contributed by atoms with Gasteiger partial charge in [-0.1, -0.05) is 19.8 Å². The molecule has 1 aliphatic carbocycles. The molecular formula is C15H19ClFN3. The van der Waals surface area contributed by atoms with Crippen LogP contribution in [0.5, 0.6) is 0 Å². The molecule has 0 amide bonds. The molecule has 2 aromatic rings. The van der Waals surface area contributed by atoms with Crippen molar-refractivity contribution >= 4 is 28.6 Å². The maximum Gasteiger partial charge on any atom is 0.201 e. The summed E-state index contributed by atoms with van der Waals surface area (Å²) in [6.07, 6.45) is 4.52. The number of fused-ring (bicyclic) bond motifs is 1. The highest BCUT2D eigenvalue weighted by atomic mass is 35.5. The fourth-order valence-corrected chi connectivity index (χ4v) is 3.53. The zero-order valence-electron chi connectivity index (χ0n) is 11.5. The van der Waals surface area contributed by atoms with Crippen molar-refractivity contribution in [2.24, 2.45) is 5.92 Å². The number of aromatic amines is 1. The van der Waals surface area contributed by atoms with E-state index in [2.05, 4.69) is 22.2 Å². The van der Waals surface area contributed by atoms with Crippen molar-refractivity contribution in [3.63, 3.8) is 0 Å². The van der Waals surface area contributed by atoms with Crippen LogP contribution >= 0.6 is 11.6 Å². The number of nitrogens with one attached hydrogen (secondary N) is 2. The minimum Gasteiger partial charge on any atom is -0.349 e. The molecule has 1 heterocycles. The predicted octanol–water partition coefficient (Wildman–Crippen LogP) is 4.30. The third kappa shape index (κ3) is 2.62. The van der Waals surface area contributed by atoms with Crippen LogP contribution in [-0.4, -0.2) is 21.4 Å². The second-order valence-electron chi connectivity index (χ2n) is 5.99. The molecule has 0 saturated heterocycles. The van der Waals surface area contributed by atoms with E-state index in [1.165, 1.54) is 25.0 Å². The van der Waals surface area contributed by atoms with E-state index < -0.39 is 0 Å². The zero-order valence-corrected chi connectivity index (χ0v) is 12.3. The first-order valence-corrected chi connectivity index (χ1v) is 7.63. The van der Waals surface area contributed by atoms with Crippen LogP contribution in [0.4, 0.5) is 10.3 Å². The van der Waals surface area contributed by atoms with E-state index in [0.717, 1.165) is 18.4 Å². The Labute approximate surface area is 122 Å². The van der Waals surface area contributed by atoms with Gasteiger partial charge >= 0.3 is 0 Å². The third-order valence-corrected chi connectivity index (χ3v) is 4.69. The Kier molecular flexibility index (Phi) is 3.59. The minimum absolute atomic E-state index is 0.106. The number of hydrogen-bond donors (Lipinski definition) is 2. The number of imidazole rings is 1. The number of alkyl halides is 1. The maximum atomic E-state index is 13.2. The molecule has 1 aromatic carbocycles. The van der Waals surface area contributed by atoms with Gasteiger partial charge in [0.2, 0.25) is 5.95 Å². The fraction of sp³-hybridized carbons (Fsp3) is 0.533. The minimum atomic E-state index is -0.258. The largest absolute Gasteiger partial charge is 0.349 e. The highest BCUT2D eigenvalue weighted by Crippen LogP contribution is 2.35. The number of aromatic nitrogens is 2. The number of nitrogens with zero attached hydrogens (tertiary/aromatic N) is 1. The SMILES string of the molecule is CC1CCCC(CCl)(Nc2nc3ccc(F)cc3[nH]2)C1. The van der Waals surface area contributed by atoms with Gasteiger partial charge < -0.3 is 10.3 Å². The third-order valence-electron chi connectivity index (χ3n) is 4.17. The van der Waals surface area contributed by atoms with Gasteiger partial charge in [-0.25, -0.2) is 9.37 Å². The molecule has 1 fully saturated rings. The summed E-state index contributed by atoms with van der Waals surface area (Å²) < 4.78 is 13.2. The lowest BCUT2D eigenvalue weighted by atomic mass is 9.77. The number of halogens is 2. The van der Waals surface area contributed by atoms with Crippen LogP contribution in [0.1, 0.15) is 32.6 Å². The Bertz CT molecular complexity index is 612. The topological polar surface area (TPSA) is 40.7 Å². The summed E-state index contributed by atoms with van der Waals surface area (Å²) in [5.41, 5.74) is 1.37. The Morgan fingerprint density at radius 2 is 2.40 bits per heavy atom. The number of rotatable bonds is 3. The predicted molar refractivity (Wildman–Crippen MR) is 80.8 cm³/mol. The molecule has 2 unspecified atom stereocenters. The molecule has 20 heavy (non-hydrogen) atoms. The molecular weight excluding hydrogens is 277 g/mol. The molecule has 1 saturated carbocycles. The Hall–Kier alpha value is -1.29. The van der Waals surface area contributed by atoms with Gasteiger partial charge in [-0.2, -0.15) is 0 Å². The highest BCUT2D eigenvalue weighted by molar-refractivity contribution is 6.18. The van der Waals surface area contributed by atoms with Crippen LogP contribution in [-0.2, 0) is 0 Å². The van der Waals surface area contributed by atoms with Crippen LogP contribution in [0.25, 0.3) is 11.0 Å². The number of benzene rings is 1. The van der Waals surface area contributed by atoms with Crippen molar-refractivity contribution in [3.05, 3.63) is 24.0 Å². The summed E-state index contributed by atoms with van der Waals surface area (Å²) in [4.78, 5) is 7.61. The average molecular weight is 296 g/mol.